The van der Waals surface area contributed by atoms with E-state index in [4.69, 9.17) is 4.74 Å². The molecule has 1 aliphatic heterocycles. The van der Waals surface area contributed by atoms with E-state index in [1.165, 1.54) is 11.8 Å². The van der Waals surface area contributed by atoms with Crippen LogP contribution in [0.15, 0.2) is 41.8 Å². The lowest BCUT2D eigenvalue weighted by molar-refractivity contribution is 0.0534. The molecule has 7 nitrogen and oxygen atoms in total. The van der Waals surface area contributed by atoms with Crippen LogP contribution in [0.1, 0.15) is 20.7 Å². The Balaban J connectivity index is 1.61. The number of carbonyl (C=O) groups is 2. The molecule has 0 spiro atoms. The van der Waals surface area contributed by atoms with Crippen molar-refractivity contribution in [2.75, 3.05) is 39.5 Å². The number of ether oxygens (including phenoxy) is 1. The van der Waals surface area contributed by atoms with Crippen LogP contribution in [0.3, 0.4) is 0 Å². The van der Waals surface area contributed by atoms with Crippen molar-refractivity contribution in [3.8, 4) is 5.75 Å². The zero-order chi connectivity index (χ0) is 18.5. The summed E-state index contributed by atoms with van der Waals surface area (Å²) in [7, 11) is 1.57. The fourth-order valence-electron chi connectivity index (χ4n) is 2.77. The third-order valence-corrected chi connectivity index (χ3v) is 4.80. The molecule has 2 amide bonds. The summed E-state index contributed by atoms with van der Waals surface area (Å²) in [6.07, 6.45) is 4.99. The predicted octanol–water partition coefficient (Wildman–Crippen LogP) is 1.81. The van der Waals surface area contributed by atoms with Gasteiger partial charge in [-0.05, 0) is 24.5 Å². The van der Waals surface area contributed by atoms with E-state index in [9.17, 15) is 9.59 Å². The molecule has 0 aliphatic carbocycles. The molecule has 0 saturated carbocycles. The highest BCUT2D eigenvalue weighted by Crippen LogP contribution is 2.16. The van der Waals surface area contributed by atoms with E-state index in [0.29, 0.717) is 48.2 Å². The van der Waals surface area contributed by atoms with Gasteiger partial charge >= 0.3 is 0 Å². The molecule has 26 heavy (non-hydrogen) atoms. The molecule has 2 heterocycles. The Kier molecular flexibility index (Phi) is 5.72. The van der Waals surface area contributed by atoms with Gasteiger partial charge in [0.15, 0.2) is 5.16 Å². The quantitative estimate of drug-likeness (QED) is 0.602. The number of benzene rings is 1. The van der Waals surface area contributed by atoms with Crippen molar-refractivity contribution in [2.45, 2.75) is 5.16 Å². The van der Waals surface area contributed by atoms with Gasteiger partial charge in [-0.1, -0.05) is 17.8 Å². The minimum Gasteiger partial charge on any atom is -0.497 e. The van der Waals surface area contributed by atoms with E-state index in [1.807, 2.05) is 6.26 Å². The van der Waals surface area contributed by atoms with Gasteiger partial charge < -0.3 is 14.5 Å². The van der Waals surface area contributed by atoms with Gasteiger partial charge in [0.05, 0.1) is 12.7 Å². The molecule has 1 aliphatic rings. The zero-order valence-electron chi connectivity index (χ0n) is 14.7. The average molecular weight is 372 g/mol. The highest BCUT2D eigenvalue weighted by Gasteiger charge is 2.26. The molecule has 1 aromatic heterocycles. The summed E-state index contributed by atoms with van der Waals surface area (Å²) in [5.74, 6) is 0.494. The Morgan fingerprint density at radius 1 is 1.00 bits per heavy atom. The van der Waals surface area contributed by atoms with Crippen LogP contribution in [0.2, 0.25) is 0 Å². The lowest BCUT2D eigenvalue weighted by atomic mass is 10.1. The number of piperazine rings is 1. The Hall–Kier alpha value is -2.61. The number of carbonyl (C=O) groups excluding carboxylic acids is 2. The molecule has 0 N–H and O–H groups in total. The van der Waals surface area contributed by atoms with E-state index in [1.54, 1.807) is 53.6 Å². The predicted molar refractivity (Wildman–Crippen MR) is 98.6 cm³/mol. The maximum Gasteiger partial charge on any atom is 0.257 e. The number of rotatable bonds is 4. The van der Waals surface area contributed by atoms with Gasteiger partial charge in [-0.15, -0.1) is 0 Å². The van der Waals surface area contributed by atoms with Crippen molar-refractivity contribution in [3.05, 3.63) is 47.8 Å². The number of hydrogen-bond donors (Lipinski definition) is 0. The molecular weight excluding hydrogens is 352 g/mol. The molecule has 8 heteroatoms. The Labute approximate surface area is 156 Å². The minimum absolute atomic E-state index is 0.0522. The molecule has 0 radical (unpaired) electrons. The van der Waals surface area contributed by atoms with Crippen molar-refractivity contribution in [1.29, 1.82) is 0 Å². The highest BCUT2D eigenvalue weighted by atomic mass is 32.2. The largest absolute Gasteiger partial charge is 0.497 e. The van der Waals surface area contributed by atoms with Crippen LogP contribution in [0.5, 0.6) is 5.75 Å². The average Bonchev–Trinajstić information content (AvgIpc) is 2.73. The van der Waals surface area contributed by atoms with Gasteiger partial charge in [-0.3, -0.25) is 9.59 Å². The second kappa shape index (κ2) is 8.18. The number of methoxy groups -OCH3 is 1. The second-order valence-electron chi connectivity index (χ2n) is 5.77. The monoisotopic (exact) mass is 372 g/mol. The maximum atomic E-state index is 12.6. The summed E-state index contributed by atoms with van der Waals surface area (Å²) in [6.45, 7) is 1.95. The summed E-state index contributed by atoms with van der Waals surface area (Å²) >= 11 is 1.43. The first-order valence-corrected chi connectivity index (χ1v) is 9.43. The van der Waals surface area contributed by atoms with Crippen LogP contribution in [0.25, 0.3) is 0 Å². The molecule has 3 rings (SSSR count). The summed E-state index contributed by atoms with van der Waals surface area (Å²) in [5.41, 5.74) is 1.06. The standard InChI is InChI=1S/C18H20N4O3S/c1-25-15-5-3-4-13(10-15)16(23)21-6-8-22(9-7-21)17(24)14-11-19-18(26-2)20-12-14/h3-5,10-12H,6-9H2,1-2H3. The number of hydrogen-bond acceptors (Lipinski definition) is 6. The Morgan fingerprint density at radius 3 is 2.12 bits per heavy atom. The number of thioether (sulfide) groups is 1. The third-order valence-electron chi connectivity index (χ3n) is 4.23. The molecule has 1 fully saturated rings. The van der Waals surface area contributed by atoms with E-state index >= 15 is 0 Å². The molecule has 0 atom stereocenters. The third kappa shape index (κ3) is 3.96. The van der Waals surface area contributed by atoms with Crippen LogP contribution in [0, 0.1) is 0 Å². The summed E-state index contributed by atoms with van der Waals surface area (Å²) in [5, 5.41) is 0.634. The van der Waals surface area contributed by atoms with Crippen LogP contribution in [-0.4, -0.2) is 71.1 Å². The molecule has 136 valence electrons. The minimum atomic E-state index is -0.105. The first kappa shape index (κ1) is 18.2. The lowest BCUT2D eigenvalue weighted by Crippen LogP contribution is -2.50. The fourth-order valence-corrected chi connectivity index (χ4v) is 3.08. The van der Waals surface area contributed by atoms with Gasteiger partial charge in [0.2, 0.25) is 0 Å². The van der Waals surface area contributed by atoms with E-state index in [0.717, 1.165) is 0 Å². The van der Waals surface area contributed by atoms with E-state index in [2.05, 4.69) is 9.97 Å². The van der Waals surface area contributed by atoms with E-state index in [-0.39, 0.29) is 11.8 Å². The summed E-state index contributed by atoms with van der Waals surface area (Å²) in [4.78, 5) is 36.9. The molecule has 1 saturated heterocycles. The summed E-state index contributed by atoms with van der Waals surface area (Å²) < 4.78 is 5.17. The van der Waals surface area contributed by atoms with Gasteiger partial charge in [-0.2, -0.15) is 0 Å². The smallest absolute Gasteiger partial charge is 0.257 e. The van der Waals surface area contributed by atoms with Gasteiger partial charge in [0.1, 0.15) is 5.75 Å². The normalized spacial score (nSPS) is 14.2. The molecule has 0 unspecified atom stereocenters. The van der Waals surface area contributed by atoms with Crippen molar-refractivity contribution in [2.24, 2.45) is 0 Å². The zero-order valence-corrected chi connectivity index (χ0v) is 15.5. The van der Waals surface area contributed by atoms with Gasteiger partial charge in [-0.25, -0.2) is 9.97 Å². The first-order chi connectivity index (χ1) is 12.6. The topological polar surface area (TPSA) is 75.6 Å². The van der Waals surface area contributed by atoms with Crippen molar-refractivity contribution in [1.82, 2.24) is 19.8 Å². The first-order valence-electron chi connectivity index (χ1n) is 8.21. The van der Waals surface area contributed by atoms with Gasteiger partial charge in [0.25, 0.3) is 11.8 Å². The second-order valence-corrected chi connectivity index (χ2v) is 6.55. The highest BCUT2D eigenvalue weighted by molar-refractivity contribution is 7.98. The number of amides is 2. The lowest BCUT2D eigenvalue weighted by Gasteiger charge is -2.34. The van der Waals surface area contributed by atoms with Crippen LogP contribution in [-0.2, 0) is 0 Å². The Morgan fingerprint density at radius 2 is 1.58 bits per heavy atom. The molecule has 0 bridgehead atoms. The Bertz CT molecular complexity index is 789. The SMILES string of the molecule is COc1cccc(C(=O)N2CCN(C(=O)c3cnc(SC)nc3)CC2)c1. The molecule has 2 aromatic rings. The van der Waals surface area contributed by atoms with E-state index < -0.39 is 0 Å². The summed E-state index contributed by atoms with van der Waals surface area (Å²) in [6, 6.07) is 7.10. The van der Waals surface area contributed by atoms with Gasteiger partial charge in [0, 0.05) is 44.1 Å². The number of nitrogens with zero attached hydrogens (tertiary/aromatic N) is 4. The van der Waals surface area contributed by atoms with Crippen LogP contribution >= 0.6 is 11.8 Å². The van der Waals surface area contributed by atoms with Crippen molar-refractivity contribution >= 4 is 23.6 Å². The fraction of sp³-hybridized carbons (Fsp3) is 0.333. The van der Waals surface area contributed by atoms with Crippen molar-refractivity contribution < 1.29 is 14.3 Å². The molecule has 1 aromatic carbocycles. The maximum absolute atomic E-state index is 12.6. The van der Waals surface area contributed by atoms with Crippen molar-refractivity contribution in [3.63, 3.8) is 0 Å². The number of aromatic nitrogens is 2. The van der Waals surface area contributed by atoms with Crippen LogP contribution in [0.4, 0.5) is 0 Å². The molecular formula is C18H20N4O3S. The van der Waals surface area contributed by atoms with Crippen LogP contribution < -0.4 is 4.74 Å².